The van der Waals surface area contributed by atoms with E-state index >= 15 is 4.39 Å². The van der Waals surface area contributed by atoms with Crippen LogP contribution in [0.3, 0.4) is 0 Å². The van der Waals surface area contributed by atoms with Crippen LogP contribution >= 0.6 is 0 Å². The third-order valence-electron chi connectivity index (χ3n) is 7.15. The van der Waals surface area contributed by atoms with E-state index in [2.05, 4.69) is 4.90 Å². The van der Waals surface area contributed by atoms with Crippen LogP contribution in [-0.4, -0.2) is 65.8 Å². The average Bonchev–Trinajstić information content (AvgIpc) is 3.52. The topological polar surface area (TPSA) is 43.9 Å². The molecule has 3 aliphatic rings. The molecule has 2 amide bonds. The third kappa shape index (κ3) is 4.04. The predicted octanol–water partition coefficient (Wildman–Crippen LogP) is 3.90. The number of halogens is 1. The molecule has 5 nitrogen and oxygen atoms in total. The van der Waals surface area contributed by atoms with Crippen molar-refractivity contribution in [2.75, 3.05) is 39.3 Å². The Balaban J connectivity index is 1.43. The molecule has 3 aliphatic heterocycles. The molecular weight excluding hydrogens is 405 g/mol. The zero-order valence-electron chi connectivity index (χ0n) is 18.4. The first-order valence-electron chi connectivity index (χ1n) is 11.8. The smallest absolute Gasteiger partial charge is 0.254 e. The Morgan fingerprint density at radius 3 is 2.41 bits per heavy atom. The summed E-state index contributed by atoms with van der Waals surface area (Å²) < 4.78 is 15.4. The van der Waals surface area contributed by atoms with E-state index in [0.717, 1.165) is 51.1 Å². The molecule has 3 heterocycles. The second-order valence-corrected chi connectivity index (χ2v) is 9.16. The van der Waals surface area contributed by atoms with Gasteiger partial charge in [-0.3, -0.25) is 9.59 Å². The zero-order valence-corrected chi connectivity index (χ0v) is 18.4. The van der Waals surface area contributed by atoms with Gasteiger partial charge in [0.05, 0.1) is 6.04 Å². The standard InChI is InChI=1S/C26H30FN3O2/c27-23-17-20(25(31)29-13-5-6-14-29)9-10-22(23)24-18-19-7-1-2-8-21(19)26(32)30(24)16-15-28-11-3-4-12-28/h1-2,7-10,17,24H,3-6,11-16,18H2. The van der Waals surface area contributed by atoms with E-state index in [1.165, 1.54) is 18.9 Å². The number of fused-ring (bicyclic) bond motifs is 1. The summed E-state index contributed by atoms with van der Waals surface area (Å²) in [5.41, 5.74) is 2.55. The molecule has 2 fully saturated rings. The highest BCUT2D eigenvalue weighted by Crippen LogP contribution is 2.35. The molecule has 0 aliphatic carbocycles. The zero-order chi connectivity index (χ0) is 22.1. The van der Waals surface area contributed by atoms with Crippen molar-refractivity contribution in [1.82, 2.24) is 14.7 Å². The van der Waals surface area contributed by atoms with Crippen molar-refractivity contribution in [2.24, 2.45) is 0 Å². The van der Waals surface area contributed by atoms with Gasteiger partial charge in [-0.05, 0) is 69.0 Å². The maximum absolute atomic E-state index is 15.4. The summed E-state index contributed by atoms with van der Waals surface area (Å²) in [6, 6.07) is 12.1. The molecule has 0 N–H and O–H groups in total. The van der Waals surface area contributed by atoms with Crippen molar-refractivity contribution in [3.05, 3.63) is 70.5 Å². The van der Waals surface area contributed by atoms with Crippen LogP contribution in [0.25, 0.3) is 0 Å². The van der Waals surface area contributed by atoms with Gasteiger partial charge in [0.25, 0.3) is 11.8 Å². The molecule has 168 valence electrons. The third-order valence-corrected chi connectivity index (χ3v) is 7.15. The quantitative estimate of drug-likeness (QED) is 0.716. The molecule has 0 aromatic heterocycles. The van der Waals surface area contributed by atoms with E-state index < -0.39 is 5.82 Å². The minimum atomic E-state index is -0.404. The number of hydrogen-bond acceptors (Lipinski definition) is 3. The van der Waals surface area contributed by atoms with E-state index in [0.29, 0.717) is 29.7 Å². The lowest BCUT2D eigenvalue weighted by molar-refractivity contribution is 0.0622. The van der Waals surface area contributed by atoms with Crippen molar-refractivity contribution >= 4 is 11.8 Å². The second-order valence-electron chi connectivity index (χ2n) is 9.16. The second kappa shape index (κ2) is 9.02. The van der Waals surface area contributed by atoms with Crippen molar-refractivity contribution in [1.29, 1.82) is 0 Å². The monoisotopic (exact) mass is 435 g/mol. The number of hydrogen-bond donors (Lipinski definition) is 0. The van der Waals surface area contributed by atoms with Crippen LogP contribution < -0.4 is 0 Å². The number of nitrogens with zero attached hydrogens (tertiary/aromatic N) is 3. The number of carbonyl (C=O) groups excluding carboxylic acids is 2. The fourth-order valence-electron chi connectivity index (χ4n) is 5.35. The Morgan fingerprint density at radius 1 is 0.938 bits per heavy atom. The van der Waals surface area contributed by atoms with Gasteiger partial charge in [-0.15, -0.1) is 0 Å². The van der Waals surface area contributed by atoms with Gasteiger partial charge in [-0.1, -0.05) is 24.3 Å². The highest BCUT2D eigenvalue weighted by atomic mass is 19.1. The van der Waals surface area contributed by atoms with Gasteiger partial charge in [0.2, 0.25) is 0 Å². The number of rotatable bonds is 5. The molecule has 0 saturated carbocycles. The van der Waals surface area contributed by atoms with Gasteiger partial charge in [0, 0.05) is 42.9 Å². The van der Waals surface area contributed by atoms with Gasteiger partial charge >= 0.3 is 0 Å². The van der Waals surface area contributed by atoms with E-state index in [9.17, 15) is 9.59 Å². The number of likely N-dealkylation sites (tertiary alicyclic amines) is 2. The van der Waals surface area contributed by atoms with Gasteiger partial charge in [0.15, 0.2) is 0 Å². The van der Waals surface area contributed by atoms with Crippen molar-refractivity contribution in [2.45, 2.75) is 38.1 Å². The minimum Gasteiger partial charge on any atom is -0.339 e. The SMILES string of the molecule is O=C(c1ccc(C2Cc3ccccc3C(=O)N2CCN2CCCC2)c(F)c1)N1CCCC1. The van der Waals surface area contributed by atoms with E-state index in [1.807, 2.05) is 29.2 Å². The summed E-state index contributed by atoms with van der Waals surface area (Å²) in [4.78, 5) is 32.1. The van der Waals surface area contributed by atoms with Gasteiger partial charge < -0.3 is 14.7 Å². The molecule has 2 aromatic carbocycles. The summed E-state index contributed by atoms with van der Waals surface area (Å²) in [7, 11) is 0. The predicted molar refractivity (Wildman–Crippen MR) is 121 cm³/mol. The Kier molecular flexibility index (Phi) is 5.96. The highest BCUT2D eigenvalue weighted by Gasteiger charge is 2.35. The van der Waals surface area contributed by atoms with Crippen LogP contribution in [0.2, 0.25) is 0 Å². The summed E-state index contributed by atoms with van der Waals surface area (Å²) in [6.45, 7) is 4.97. The number of amides is 2. The summed E-state index contributed by atoms with van der Waals surface area (Å²) >= 11 is 0. The molecular formula is C26H30FN3O2. The summed E-state index contributed by atoms with van der Waals surface area (Å²) in [6.07, 6.45) is 4.98. The highest BCUT2D eigenvalue weighted by molar-refractivity contribution is 5.97. The first-order valence-corrected chi connectivity index (χ1v) is 11.8. The van der Waals surface area contributed by atoms with E-state index in [1.54, 1.807) is 17.0 Å². The number of carbonyl (C=O) groups is 2. The van der Waals surface area contributed by atoms with Gasteiger partial charge in [0.1, 0.15) is 5.82 Å². The molecule has 2 saturated heterocycles. The van der Waals surface area contributed by atoms with Crippen LogP contribution in [0.1, 0.15) is 63.6 Å². The minimum absolute atomic E-state index is 0.0346. The molecule has 1 atom stereocenters. The van der Waals surface area contributed by atoms with Crippen LogP contribution in [-0.2, 0) is 6.42 Å². The maximum atomic E-state index is 15.4. The molecule has 2 aromatic rings. The lowest BCUT2D eigenvalue weighted by Gasteiger charge is -2.38. The van der Waals surface area contributed by atoms with Gasteiger partial charge in [-0.25, -0.2) is 4.39 Å². The molecule has 32 heavy (non-hydrogen) atoms. The normalized spacial score (nSPS) is 21.3. The van der Waals surface area contributed by atoms with Gasteiger partial charge in [-0.2, -0.15) is 0 Å². The van der Waals surface area contributed by atoms with E-state index in [-0.39, 0.29) is 17.9 Å². The van der Waals surface area contributed by atoms with Crippen molar-refractivity contribution in [3.63, 3.8) is 0 Å². The largest absolute Gasteiger partial charge is 0.339 e. The van der Waals surface area contributed by atoms with Crippen LogP contribution in [0.15, 0.2) is 42.5 Å². The molecule has 0 radical (unpaired) electrons. The Hall–Kier alpha value is -2.73. The molecule has 6 heteroatoms. The fraction of sp³-hybridized carbons (Fsp3) is 0.462. The van der Waals surface area contributed by atoms with Crippen LogP contribution in [0, 0.1) is 5.82 Å². The van der Waals surface area contributed by atoms with Crippen LogP contribution in [0.5, 0.6) is 0 Å². The Bertz CT molecular complexity index is 1010. The number of benzene rings is 2. The first-order chi connectivity index (χ1) is 15.6. The first kappa shape index (κ1) is 21.1. The van der Waals surface area contributed by atoms with Crippen molar-refractivity contribution in [3.8, 4) is 0 Å². The molecule has 1 unspecified atom stereocenters. The molecule has 5 rings (SSSR count). The summed E-state index contributed by atoms with van der Waals surface area (Å²) in [5.74, 6) is -0.546. The lowest BCUT2D eigenvalue weighted by atomic mass is 9.88. The summed E-state index contributed by atoms with van der Waals surface area (Å²) in [5, 5.41) is 0. The Labute approximate surface area is 188 Å². The lowest BCUT2D eigenvalue weighted by Crippen LogP contribution is -2.44. The molecule has 0 bridgehead atoms. The van der Waals surface area contributed by atoms with Crippen molar-refractivity contribution < 1.29 is 14.0 Å². The maximum Gasteiger partial charge on any atom is 0.254 e. The van der Waals surface area contributed by atoms with Crippen LogP contribution in [0.4, 0.5) is 4.39 Å². The van der Waals surface area contributed by atoms with E-state index in [4.69, 9.17) is 0 Å². The Morgan fingerprint density at radius 2 is 1.66 bits per heavy atom. The average molecular weight is 436 g/mol. The molecule has 0 spiro atoms. The fourth-order valence-corrected chi connectivity index (χ4v) is 5.35.